The smallest absolute Gasteiger partial charge is 0.124 e. The Morgan fingerprint density at radius 3 is 2.89 bits per heavy atom. The zero-order chi connectivity index (χ0) is 13.4. The molecular weight excluding hydrogens is 236 g/mol. The Morgan fingerprint density at radius 1 is 1.32 bits per heavy atom. The molecule has 3 rings (SSSR count). The normalized spacial score (nSPS) is 14.2. The zero-order valence-corrected chi connectivity index (χ0v) is 11.1. The van der Waals surface area contributed by atoms with Crippen LogP contribution in [0.4, 0.5) is 0 Å². The maximum Gasteiger partial charge on any atom is 0.124 e. The molecule has 19 heavy (non-hydrogen) atoms. The van der Waals surface area contributed by atoms with Crippen molar-refractivity contribution in [1.82, 2.24) is 9.55 Å². The van der Waals surface area contributed by atoms with E-state index < -0.39 is 0 Å². The fraction of sp³-hybridized carbons (Fsp3) is 0.333. The van der Waals surface area contributed by atoms with Crippen molar-refractivity contribution in [2.75, 3.05) is 0 Å². The number of benzene rings is 1. The van der Waals surface area contributed by atoms with Crippen molar-refractivity contribution in [3.05, 3.63) is 47.0 Å². The van der Waals surface area contributed by atoms with Gasteiger partial charge in [-0.3, -0.25) is 5.41 Å². The van der Waals surface area contributed by atoms with Crippen LogP contribution in [0.15, 0.2) is 24.5 Å². The number of amidine groups is 1. The third-order valence-corrected chi connectivity index (χ3v) is 3.73. The highest BCUT2D eigenvalue weighted by molar-refractivity contribution is 5.98. The van der Waals surface area contributed by atoms with Crippen LogP contribution in [0, 0.1) is 12.3 Å². The van der Waals surface area contributed by atoms with Gasteiger partial charge in [-0.25, -0.2) is 4.98 Å². The standard InChI is InChI=1S/C15H18N4/c1-10-6-7-11(15(16)17)14(8-10)19-9-18-12-4-2-3-5-13(12)19/h6-9H,2-5H2,1H3,(H3,16,17). The van der Waals surface area contributed by atoms with Crippen LogP contribution in [0.25, 0.3) is 5.69 Å². The van der Waals surface area contributed by atoms with E-state index in [1.54, 1.807) is 0 Å². The first kappa shape index (κ1) is 12.0. The average Bonchev–Trinajstić information content (AvgIpc) is 2.82. The van der Waals surface area contributed by atoms with E-state index in [1.165, 1.54) is 29.8 Å². The fourth-order valence-electron chi connectivity index (χ4n) is 2.75. The Labute approximate surface area is 112 Å². The number of hydrogen-bond donors (Lipinski definition) is 2. The number of nitrogen functional groups attached to an aromatic ring is 1. The molecule has 1 heterocycles. The van der Waals surface area contributed by atoms with Crippen molar-refractivity contribution < 1.29 is 0 Å². The maximum absolute atomic E-state index is 7.73. The highest BCUT2D eigenvalue weighted by atomic mass is 15.1. The summed E-state index contributed by atoms with van der Waals surface area (Å²) in [4.78, 5) is 4.51. The molecule has 0 aliphatic heterocycles. The van der Waals surface area contributed by atoms with Crippen molar-refractivity contribution >= 4 is 5.84 Å². The number of imidazole rings is 1. The van der Waals surface area contributed by atoms with Gasteiger partial charge in [0.1, 0.15) is 5.84 Å². The molecular formula is C15H18N4. The molecule has 0 radical (unpaired) electrons. The summed E-state index contributed by atoms with van der Waals surface area (Å²) in [6.45, 7) is 2.05. The summed E-state index contributed by atoms with van der Waals surface area (Å²) in [5.41, 5.74) is 11.1. The molecule has 98 valence electrons. The third-order valence-electron chi connectivity index (χ3n) is 3.73. The molecule has 0 saturated carbocycles. The molecule has 0 fully saturated rings. The van der Waals surface area contributed by atoms with Gasteiger partial charge in [0.05, 0.1) is 17.7 Å². The number of rotatable bonds is 2. The summed E-state index contributed by atoms with van der Waals surface area (Å²) in [5.74, 6) is 0.105. The first-order chi connectivity index (χ1) is 9.16. The Bertz CT molecular complexity index is 640. The van der Waals surface area contributed by atoms with Gasteiger partial charge in [-0.1, -0.05) is 6.07 Å². The van der Waals surface area contributed by atoms with Crippen molar-refractivity contribution in [2.24, 2.45) is 5.73 Å². The van der Waals surface area contributed by atoms with Crippen molar-refractivity contribution in [3.63, 3.8) is 0 Å². The van der Waals surface area contributed by atoms with Gasteiger partial charge >= 0.3 is 0 Å². The second kappa shape index (κ2) is 4.53. The van der Waals surface area contributed by atoms with E-state index in [4.69, 9.17) is 11.1 Å². The number of fused-ring (bicyclic) bond motifs is 1. The summed E-state index contributed by atoms with van der Waals surface area (Å²) in [6, 6.07) is 5.99. The Morgan fingerprint density at radius 2 is 2.11 bits per heavy atom. The van der Waals surface area contributed by atoms with Gasteiger partial charge in [-0.2, -0.15) is 0 Å². The maximum atomic E-state index is 7.73. The summed E-state index contributed by atoms with van der Waals surface area (Å²) in [7, 11) is 0. The minimum atomic E-state index is 0.105. The SMILES string of the molecule is Cc1ccc(C(=N)N)c(-n2cnc3c2CCCC3)c1. The molecule has 1 aliphatic rings. The van der Waals surface area contributed by atoms with Gasteiger partial charge in [-0.05, 0) is 50.3 Å². The molecule has 1 aromatic heterocycles. The highest BCUT2D eigenvalue weighted by Crippen LogP contribution is 2.25. The van der Waals surface area contributed by atoms with Gasteiger partial charge in [0.25, 0.3) is 0 Å². The summed E-state index contributed by atoms with van der Waals surface area (Å²) < 4.78 is 2.11. The number of hydrogen-bond acceptors (Lipinski definition) is 2. The quantitative estimate of drug-likeness (QED) is 0.638. The second-order valence-electron chi connectivity index (χ2n) is 5.15. The monoisotopic (exact) mass is 254 g/mol. The summed E-state index contributed by atoms with van der Waals surface area (Å²) >= 11 is 0. The average molecular weight is 254 g/mol. The highest BCUT2D eigenvalue weighted by Gasteiger charge is 2.18. The molecule has 0 amide bonds. The molecule has 1 aromatic carbocycles. The van der Waals surface area contributed by atoms with E-state index in [2.05, 4.69) is 22.5 Å². The molecule has 4 heteroatoms. The van der Waals surface area contributed by atoms with E-state index >= 15 is 0 Å². The van der Waals surface area contributed by atoms with E-state index in [-0.39, 0.29) is 5.84 Å². The van der Waals surface area contributed by atoms with Crippen LogP contribution < -0.4 is 5.73 Å². The van der Waals surface area contributed by atoms with Crippen LogP contribution in [0.3, 0.4) is 0 Å². The van der Waals surface area contributed by atoms with Crippen LogP contribution in [0.1, 0.15) is 35.4 Å². The Hall–Kier alpha value is -2.10. The third kappa shape index (κ3) is 2.03. The van der Waals surface area contributed by atoms with E-state index in [9.17, 15) is 0 Å². The summed E-state index contributed by atoms with van der Waals surface area (Å²) in [5, 5.41) is 7.73. The Kier molecular flexibility index (Phi) is 2.85. The van der Waals surface area contributed by atoms with Gasteiger partial charge in [0.2, 0.25) is 0 Å². The molecule has 0 unspecified atom stereocenters. The molecule has 0 atom stereocenters. The fourth-order valence-corrected chi connectivity index (χ4v) is 2.75. The lowest BCUT2D eigenvalue weighted by Gasteiger charge is -2.16. The second-order valence-corrected chi connectivity index (χ2v) is 5.15. The molecule has 4 nitrogen and oxygen atoms in total. The van der Waals surface area contributed by atoms with Crippen LogP contribution in [-0.2, 0) is 12.8 Å². The molecule has 3 N–H and O–H groups in total. The van der Waals surface area contributed by atoms with E-state index in [1.807, 2.05) is 18.5 Å². The Balaban J connectivity index is 2.19. The van der Waals surface area contributed by atoms with Crippen LogP contribution in [-0.4, -0.2) is 15.4 Å². The molecule has 0 saturated heterocycles. The lowest BCUT2D eigenvalue weighted by molar-refractivity contribution is 0.656. The van der Waals surface area contributed by atoms with Crippen molar-refractivity contribution in [1.29, 1.82) is 5.41 Å². The zero-order valence-electron chi connectivity index (χ0n) is 11.1. The number of aryl methyl sites for hydroxylation is 2. The van der Waals surface area contributed by atoms with Gasteiger partial charge in [0, 0.05) is 11.3 Å². The van der Waals surface area contributed by atoms with E-state index in [0.717, 1.165) is 24.1 Å². The van der Waals surface area contributed by atoms with Crippen molar-refractivity contribution in [2.45, 2.75) is 32.6 Å². The minimum absolute atomic E-state index is 0.105. The van der Waals surface area contributed by atoms with Crippen LogP contribution >= 0.6 is 0 Å². The number of nitrogens with zero attached hydrogens (tertiary/aromatic N) is 2. The van der Waals surface area contributed by atoms with Crippen LogP contribution in [0.5, 0.6) is 0 Å². The predicted molar refractivity (Wildman–Crippen MR) is 76.0 cm³/mol. The van der Waals surface area contributed by atoms with Gasteiger partial charge < -0.3 is 10.3 Å². The lowest BCUT2D eigenvalue weighted by Crippen LogP contribution is -2.16. The van der Waals surface area contributed by atoms with Gasteiger partial charge in [-0.15, -0.1) is 0 Å². The summed E-state index contributed by atoms with van der Waals surface area (Å²) in [6.07, 6.45) is 6.42. The first-order valence-electron chi connectivity index (χ1n) is 6.67. The molecule has 0 bridgehead atoms. The number of nitrogens with two attached hydrogens (primary N) is 1. The van der Waals surface area contributed by atoms with Gasteiger partial charge in [0.15, 0.2) is 0 Å². The predicted octanol–water partition coefficient (Wildman–Crippen LogP) is 2.34. The van der Waals surface area contributed by atoms with E-state index in [0.29, 0.717) is 0 Å². The number of aromatic nitrogens is 2. The van der Waals surface area contributed by atoms with Crippen molar-refractivity contribution in [3.8, 4) is 5.69 Å². The first-order valence-corrected chi connectivity index (χ1v) is 6.67. The topological polar surface area (TPSA) is 67.7 Å². The minimum Gasteiger partial charge on any atom is -0.384 e. The van der Waals surface area contributed by atoms with Crippen LogP contribution in [0.2, 0.25) is 0 Å². The molecule has 0 spiro atoms. The number of nitrogens with one attached hydrogen (secondary N) is 1. The molecule has 2 aromatic rings. The molecule has 1 aliphatic carbocycles. The lowest BCUT2D eigenvalue weighted by atomic mass is 10.0. The largest absolute Gasteiger partial charge is 0.384 e.